The summed E-state index contributed by atoms with van der Waals surface area (Å²) in [5.41, 5.74) is 0.962. The van der Waals surface area contributed by atoms with Gasteiger partial charge in [0, 0.05) is 18.8 Å². The van der Waals surface area contributed by atoms with Crippen LogP contribution in [-0.4, -0.2) is 11.6 Å². The van der Waals surface area contributed by atoms with Crippen molar-refractivity contribution in [2.45, 2.75) is 45.4 Å². The molecule has 2 nitrogen and oxygen atoms in total. The maximum absolute atomic E-state index is 12.1. The molecule has 0 radical (unpaired) electrons. The van der Waals surface area contributed by atoms with Crippen molar-refractivity contribution in [2.24, 2.45) is 0 Å². The van der Waals surface area contributed by atoms with Crippen LogP contribution < -0.4 is 0 Å². The Morgan fingerprint density at radius 3 is 2.35 bits per heavy atom. The van der Waals surface area contributed by atoms with Crippen LogP contribution in [0.5, 0.6) is 0 Å². The SMILES string of the molecule is CCCCC(=O)C(CC(C)=O)c1ccccc1. The van der Waals surface area contributed by atoms with Crippen molar-refractivity contribution < 1.29 is 9.59 Å². The maximum atomic E-state index is 12.1. The van der Waals surface area contributed by atoms with Crippen LogP contribution in [0.4, 0.5) is 0 Å². The molecule has 1 rings (SSSR count). The average molecular weight is 232 g/mol. The molecule has 0 aromatic heterocycles. The molecule has 0 saturated carbocycles. The van der Waals surface area contributed by atoms with Crippen molar-refractivity contribution in [2.75, 3.05) is 0 Å². The van der Waals surface area contributed by atoms with Crippen LogP contribution in [0.2, 0.25) is 0 Å². The Morgan fingerprint density at radius 2 is 1.82 bits per heavy atom. The van der Waals surface area contributed by atoms with Crippen molar-refractivity contribution in [3.63, 3.8) is 0 Å². The third kappa shape index (κ3) is 4.51. The molecule has 0 aliphatic carbocycles. The molecule has 0 amide bonds. The number of hydrogen-bond acceptors (Lipinski definition) is 2. The number of carbonyl (C=O) groups is 2. The highest BCUT2D eigenvalue weighted by Crippen LogP contribution is 2.23. The van der Waals surface area contributed by atoms with E-state index in [0.717, 1.165) is 18.4 Å². The van der Waals surface area contributed by atoms with Gasteiger partial charge < -0.3 is 0 Å². The highest BCUT2D eigenvalue weighted by molar-refractivity contribution is 5.90. The smallest absolute Gasteiger partial charge is 0.140 e. The number of rotatable bonds is 7. The lowest BCUT2D eigenvalue weighted by Crippen LogP contribution is -2.15. The number of carbonyl (C=O) groups excluding carboxylic acids is 2. The van der Waals surface area contributed by atoms with Gasteiger partial charge in [0.15, 0.2) is 0 Å². The molecule has 17 heavy (non-hydrogen) atoms. The zero-order chi connectivity index (χ0) is 12.7. The summed E-state index contributed by atoms with van der Waals surface area (Å²) >= 11 is 0. The number of unbranched alkanes of at least 4 members (excludes halogenated alkanes) is 1. The van der Waals surface area contributed by atoms with Crippen LogP contribution >= 0.6 is 0 Å². The third-order valence-electron chi connectivity index (χ3n) is 2.86. The highest BCUT2D eigenvalue weighted by Gasteiger charge is 2.21. The van der Waals surface area contributed by atoms with Crippen molar-refractivity contribution in [1.29, 1.82) is 0 Å². The molecule has 0 heterocycles. The largest absolute Gasteiger partial charge is 0.300 e. The van der Waals surface area contributed by atoms with Crippen molar-refractivity contribution in [3.05, 3.63) is 35.9 Å². The molecule has 1 aromatic rings. The average Bonchev–Trinajstić information content (AvgIpc) is 2.34. The van der Waals surface area contributed by atoms with E-state index in [-0.39, 0.29) is 17.5 Å². The molecule has 0 saturated heterocycles. The van der Waals surface area contributed by atoms with Gasteiger partial charge >= 0.3 is 0 Å². The van der Waals surface area contributed by atoms with Gasteiger partial charge in [-0.25, -0.2) is 0 Å². The second kappa shape index (κ2) is 7.00. The maximum Gasteiger partial charge on any atom is 0.140 e. The van der Waals surface area contributed by atoms with Crippen LogP contribution in [0, 0.1) is 0 Å². The van der Waals surface area contributed by atoms with Crippen molar-refractivity contribution in [3.8, 4) is 0 Å². The fraction of sp³-hybridized carbons (Fsp3) is 0.467. The molecule has 0 aliphatic rings. The first-order valence-electron chi connectivity index (χ1n) is 6.22. The molecular formula is C15H20O2. The van der Waals surface area contributed by atoms with Gasteiger partial charge in [0.25, 0.3) is 0 Å². The van der Waals surface area contributed by atoms with E-state index in [4.69, 9.17) is 0 Å². The Kier molecular flexibility index (Phi) is 5.61. The Morgan fingerprint density at radius 1 is 1.18 bits per heavy atom. The normalized spacial score (nSPS) is 12.1. The van der Waals surface area contributed by atoms with E-state index in [1.54, 1.807) is 6.92 Å². The summed E-state index contributed by atoms with van der Waals surface area (Å²) in [5.74, 6) is 0.0113. The Labute approximate surface area is 103 Å². The Balaban J connectivity index is 2.80. The first-order valence-corrected chi connectivity index (χ1v) is 6.22. The topological polar surface area (TPSA) is 34.1 Å². The minimum atomic E-state index is -0.250. The van der Waals surface area contributed by atoms with E-state index >= 15 is 0 Å². The number of benzene rings is 1. The molecule has 1 unspecified atom stereocenters. The molecule has 92 valence electrons. The molecule has 0 spiro atoms. The summed E-state index contributed by atoms with van der Waals surface area (Å²) in [5, 5.41) is 0. The number of hydrogen-bond donors (Lipinski definition) is 0. The van der Waals surface area contributed by atoms with Gasteiger partial charge in [-0.3, -0.25) is 9.59 Å². The zero-order valence-corrected chi connectivity index (χ0v) is 10.6. The molecule has 0 aliphatic heterocycles. The first-order chi connectivity index (χ1) is 8.15. The van der Waals surface area contributed by atoms with Crippen LogP contribution in [0.1, 0.15) is 51.0 Å². The quantitative estimate of drug-likeness (QED) is 0.721. The summed E-state index contributed by atoms with van der Waals surface area (Å²) in [7, 11) is 0. The molecule has 1 aromatic carbocycles. The van der Waals surface area contributed by atoms with Crippen LogP contribution in [0.25, 0.3) is 0 Å². The predicted octanol–water partition coefficient (Wildman–Crippen LogP) is 3.51. The van der Waals surface area contributed by atoms with Gasteiger partial charge in [-0.1, -0.05) is 43.7 Å². The molecule has 0 bridgehead atoms. The summed E-state index contributed by atoms with van der Waals surface area (Å²) in [4.78, 5) is 23.3. The van der Waals surface area contributed by atoms with E-state index in [2.05, 4.69) is 6.92 Å². The van der Waals surface area contributed by atoms with E-state index in [1.165, 1.54) is 0 Å². The lowest BCUT2D eigenvalue weighted by atomic mass is 9.88. The first kappa shape index (κ1) is 13.6. The fourth-order valence-corrected chi connectivity index (χ4v) is 1.92. The molecule has 2 heteroatoms. The van der Waals surface area contributed by atoms with Crippen LogP contribution in [0.15, 0.2) is 30.3 Å². The zero-order valence-electron chi connectivity index (χ0n) is 10.6. The van der Waals surface area contributed by atoms with Crippen molar-refractivity contribution in [1.82, 2.24) is 0 Å². The third-order valence-corrected chi connectivity index (χ3v) is 2.86. The van der Waals surface area contributed by atoms with Crippen LogP contribution in [-0.2, 0) is 9.59 Å². The molecule has 0 N–H and O–H groups in total. The van der Waals surface area contributed by atoms with E-state index < -0.39 is 0 Å². The second-order valence-corrected chi connectivity index (χ2v) is 4.44. The summed E-state index contributed by atoms with van der Waals surface area (Å²) in [6, 6.07) is 9.60. The summed E-state index contributed by atoms with van der Waals surface area (Å²) in [6.45, 7) is 3.61. The van der Waals surface area contributed by atoms with Gasteiger partial charge in [-0.2, -0.15) is 0 Å². The van der Waals surface area contributed by atoms with Gasteiger partial charge in [0.1, 0.15) is 11.6 Å². The number of Topliss-reactive ketones (excluding diaryl/α,β-unsaturated/α-hetero) is 2. The van der Waals surface area contributed by atoms with Gasteiger partial charge in [-0.15, -0.1) is 0 Å². The van der Waals surface area contributed by atoms with Gasteiger partial charge in [-0.05, 0) is 18.9 Å². The minimum Gasteiger partial charge on any atom is -0.300 e. The lowest BCUT2D eigenvalue weighted by molar-refractivity contribution is -0.124. The van der Waals surface area contributed by atoms with E-state index in [9.17, 15) is 9.59 Å². The minimum absolute atomic E-state index is 0.0729. The molecule has 0 fully saturated rings. The van der Waals surface area contributed by atoms with Gasteiger partial charge in [0.05, 0.1) is 0 Å². The summed E-state index contributed by atoms with van der Waals surface area (Å²) in [6.07, 6.45) is 2.81. The standard InChI is InChI=1S/C15H20O2/c1-3-4-10-15(17)14(11-12(2)16)13-8-6-5-7-9-13/h5-9,14H,3-4,10-11H2,1-2H3. The fourth-order valence-electron chi connectivity index (χ4n) is 1.92. The second-order valence-electron chi connectivity index (χ2n) is 4.44. The monoisotopic (exact) mass is 232 g/mol. The molecule has 1 atom stereocenters. The summed E-state index contributed by atoms with van der Waals surface area (Å²) < 4.78 is 0. The lowest BCUT2D eigenvalue weighted by Gasteiger charge is -2.14. The number of ketones is 2. The van der Waals surface area contributed by atoms with E-state index in [0.29, 0.717) is 12.8 Å². The predicted molar refractivity (Wildman–Crippen MR) is 69.0 cm³/mol. The highest BCUT2D eigenvalue weighted by atomic mass is 16.1. The van der Waals surface area contributed by atoms with Crippen LogP contribution in [0.3, 0.4) is 0 Å². The van der Waals surface area contributed by atoms with Gasteiger partial charge in [0.2, 0.25) is 0 Å². The van der Waals surface area contributed by atoms with Crippen molar-refractivity contribution >= 4 is 11.6 Å². The Hall–Kier alpha value is -1.44. The van der Waals surface area contributed by atoms with E-state index in [1.807, 2.05) is 30.3 Å². The molecular weight excluding hydrogens is 212 g/mol. The Bertz CT molecular complexity index is 368.